The molecule has 276 valence electrons. The summed E-state index contributed by atoms with van der Waals surface area (Å²) in [5.74, 6) is 0.977. The Morgan fingerprint density at radius 1 is 0.615 bits per heavy atom. The number of hydrogen-bond donors (Lipinski definition) is 0. The SMILES string of the molecule is Cc1cc(C)c(N=C(c2c(C)cc(C(F)(F)F)cc2C(F)(F)F)N2CCCN(C(=Nc3c(C(C)C)cccc3C(C)C)c3ccccc3)C2)c(C)c1. The molecule has 4 aromatic carbocycles. The molecule has 1 heterocycles. The van der Waals surface area contributed by atoms with Crippen molar-refractivity contribution < 1.29 is 26.3 Å². The van der Waals surface area contributed by atoms with Gasteiger partial charge in [-0.1, -0.05) is 93.9 Å². The topological polar surface area (TPSA) is 31.2 Å². The van der Waals surface area contributed by atoms with Crippen molar-refractivity contribution in [1.29, 1.82) is 0 Å². The molecular weight excluding hydrogens is 674 g/mol. The zero-order chi connectivity index (χ0) is 38.1. The Bertz CT molecular complexity index is 1920. The highest BCUT2D eigenvalue weighted by molar-refractivity contribution is 6.05. The lowest BCUT2D eigenvalue weighted by Crippen LogP contribution is -2.50. The van der Waals surface area contributed by atoms with E-state index >= 15 is 0 Å². The maximum atomic E-state index is 14.9. The monoisotopic (exact) mass is 720 g/mol. The molecule has 1 aliphatic heterocycles. The van der Waals surface area contributed by atoms with Gasteiger partial charge in [-0.3, -0.25) is 0 Å². The third-order valence-corrected chi connectivity index (χ3v) is 9.43. The maximum Gasteiger partial charge on any atom is 0.417 e. The molecule has 1 aliphatic rings. The fraction of sp³-hybridized carbons (Fsp3) is 0.381. The van der Waals surface area contributed by atoms with Crippen molar-refractivity contribution in [2.45, 2.75) is 86.0 Å². The van der Waals surface area contributed by atoms with Crippen molar-refractivity contribution in [3.05, 3.63) is 128 Å². The van der Waals surface area contributed by atoms with E-state index in [-0.39, 0.29) is 41.5 Å². The van der Waals surface area contributed by atoms with Gasteiger partial charge in [0.15, 0.2) is 0 Å². The number of aliphatic imine (C=N–C) groups is 2. The van der Waals surface area contributed by atoms with Crippen LogP contribution in [0.3, 0.4) is 0 Å². The molecule has 0 aliphatic carbocycles. The smallest absolute Gasteiger partial charge is 0.338 e. The van der Waals surface area contributed by atoms with Crippen LogP contribution in [0, 0.1) is 27.7 Å². The highest BCUT2D eigenvalue weighted by Gasteiger charge is 2.41. The van der Waals surface area contributed by atoms with Gasteiger partial charge in [0.1, 0.15) is 11.7 Å². The van der Waals surface area contributed by atoms with E-state index in [1.807, 2.05) is 74.2 Å². The van der Waals surface area contributed by atoms with E-state index in [1.165, 1.54) is 6.92 Å². The summed E-state index contributed by atoms with van der Waals surface area (Å²) in [6.45, 7) is 16.3. The quantitative estimate of drug-likeness (QED) is 0.113. The number of halogens is 6. The summed E-state index contributed by atoms with van der Waals surface area (Å²) in [6.07, 6.45) is -9.51. The van der Waals surface area contributed by atoms with Gasteiger partial charge in [-0.2, -0.15) is 26.3 Å². The minimum Gasteiger partial charge on any atom is -0.338 e. The molecule has 5 rings (SSSR count). The van der Waals surface area contributed by atoms with Gasteiger partial charge < -0.3 is 9.80 Å². The van der Waals surface area contributed by atoms with Gasteiger partial charge in [0.05, 0.1) is 29.2 Å². The Morgan fingerprint density at radius 2 is 1.15 bits per heavy atom. The summed E-state index contributed by atoms with van der Waals surface area (Å²) in [7, 11) is 0. The number of aryl methyl sites for hydroxylation is 4. The molecule has 52 heavy (non-hydrogen) atoms. The zero-order valence-corrected chi connectivity index (χ0v) is 31.0. The van der Waals surface area contributed by atoms with Crippen LogP contribution in [0.1, 0.15) is 102 Å². The lowest BCUT2D eigenvalue weighted by molar-refractivity contribution is -0.143. The number of benzene rings is 4. The number of para-hydroxylation sites is 1. The summed E-state index contributed by atoms with van der Waals surface area (Å²) >= 11 is 0. The average Bonchev–Trinajstić information content (AvgIpc) is 3.06. The molecule has 0 aromatic heterocycles. The fourth-order valence-electron chi connectivity index (χ4n) is 7.01. The number of alkyl halides is 6. The molecule has 1 saturated heterocycles. The second-order valence-electron chi connectivity index (χ2n) is 14.3. The van der Waals surface area contributed by atoms with Crippen LogP contribution in [-0.4, -0.2) is 41.2 Å². The molecule has 0 radical (unpaired) electrons. The molecule has 1 fully saturated rings. The van der Waals surface area contributed by atoms with Crippen molar-refractivity contribution in [3.8, 4) is 0 Å². The molecule has 0 atom stereocenters. The van der Waals surface area contributed by atoms with E-state index in [1.54, 1.807) is 4.90 Å². The van der Waals surface area contributed by atoms with Crippen LogP contribution in [0.2, 0.25) is 0 Å². The highest BCUT2D eigenvalue weighted by Crippen LogP contribution is 2.41. The Morgan fingerprint density at radius 3 is 1.67 bits per heavy atom. The fourth-order valence-corrected chi connectivity index (χ4v) is 7.01. The second-order valence-corrected chi connectivity index (χ2v) is 14.3. The minimum atomic E-state index is -5.08. The number of amidine groups is 2. The lowest BCUT2D eigenvalue weighted by Gasteiger charge is -2.40. The highest BCUT2D eigenvalue weighted by atomic mass is 19.4. The average molecular weight is 721 g/mol. The van der Waals surface area contributed by atoms with Crippen LogP contribution in [0.25, 0.3) is 0 Å². The van der Waals surface area contributed by atoms with E-state index in [2.05, 4.69) is 39.8 Å². The van der Waals surface area contributed by atoms with E-state index < -0.39 is 23.5 Å². The van der Waals surface area contributed by atoms with E-state index in [0.29, 0.717) is 31.0 Å². The minimum absolute atomic E-state index is 0.0313. The van der Waals surface area contributed by atoms with Crippen molar-refractivity contribution >= 4 is 23.0 Å². The number of hydrogen-bond acceptors (Lipinski definition) is 2. The molecule has 0 spiro atoms. The normalized spacial score (nSPS) is 14.9. The number of nitrogens with zero attached hydrogens (tertiary/aromatic N) is 4. The second kappa shape index (κ2) is 15.2. The molecule has 0 amide bonds. The van der Waals surface area contributed by atoms with Gasteiger partial charge in [-0.25, -0.2) is 9.98 Å². The summed E-state index contributed by atoms with van der Waals surface area (Å²) in [4.78, 5) is 14.1. The Balaban J connectivity index is 1.75. The largest absolute Gasteiger partial charge is 0.417 e. The van der Waals surface area contributed by atoms with Gasteiger partial charge in [-0.05, 0) is 85.9 Å². The van der Waals surface area contributed by atoms with Crippen LogP contribution >= 0.6 is 0 Å². The third kappa shape index (κ3) is 8.37. The summed E-state index contributed by atoms with van der Waals surface area (Å²) in [5, 5.41) is 0. The zero-order valence-electron chi connectivity index (χ0n) is 31.0. The van der Waals surface area contributed by atoms with Crippen molar-refractivity contribution in [1.82, 2.24) is 9.80 Å². The first kappa shape index (κ1) is 38.6. The molecule has 4 aromatic rings. The predicted molar refractivity (Wildman–Crippen MR) is 198 cm³/mol. The molecule has 0 unspecified atom stereocenters. The van der Waals surface area contributed by atoms with E-state index in [0.717, 1.165) is 45.1 Å². The third-order valence-electron chi connectivity index (χ3n) is 9.43. The van der Waals surface area contributed by atoms with Gasteiger partial charge >= 0.3 is 12.4 Å². The Hall–Kier alpha value is -4.60. The standard InChI is InChI=1S/C42H46F6N4/c1-25(2)33-16-12-17-34(26(3)4)38(33)50-39(31-14-10-9-11-15-31)51-18-13-19-52(24-51)40(49-37-29(7)20-27(5)21-30(37)8)36-28(6)22-32(41(43,44)45)23-35(36)42(46,47)48/h9-12,14-17,20-23,25-26H,13,18-19,24H2,1-8H3. The van der Waals surface area contributed by atoms with Crippen molar-refractivity contribution in [3.63, 3.8) is 0 Å². The van der Waals surface area contributed by atoms with Gasteiger partial charge in [0, 0.05) is 24.2 Å². The van der Waals surface area contributed by atoms with E-state index in [9.17, 15) is 26.3 Å². The first-order valence-corrected chi connectivity index (χ1v) is 17.6. The Labute approximate surface area is 302 Å². The molecule has 0 N–H and O–H groups in total. The number of rotatable bonds is 6. The predicted octanol–water partition coefficient (Wildman–Crippen LogP) is 12.0. The van der Waals surface area contributed by atoms with Gasteiger partial charge in [0.2, 0.25) is 0 Å². The van der Waals surface area contributed by atoms with Crippen LogP contribution in [0.5, 0.6) is 0 Å². The molecule has 0 bridgehead atoms. The van der Waals surface area contributed by atoms with Crippen LogP contribution in [0.4, 0.5) is 37.7 Å². The summed E-state index contributed by atoms with van der Waals surface area (Å²) in [6, 6.07) is 20.6. The van der Waals surface area contributed by atoms with Gasteiger partial charge in [0.25, 0.3) is 0 Å². The molecule has 10 heteroatoms. The first-order valence-electron chi connectivity index (χ1n) is 17.6. The molecule has 4 nitrogen and oxygen atoms in total. The van der Waals surface area contributed by atoms with Crippen LogP contribution in [0.15, 0.2) is 82.8 Å². The molecule has 0 saturated carbocycles. The maximum absolute atomic E-state index is 14.9. The summed E-state index contributed by atoms with van der Waals surface area (Å²) in [5.41, 5.74) is 3.55. The van der Waals surface area contributed by atoms with Crippen molar-refractivity contribution in [2.24, 2.45) is 9.98 Å². The van der Waals surface area contributed by atoms with Crippen LogP contribution in [-0.2, 0) is 12.4 Å². The van der Waals surface area contributed by atoms with E-state index in [4.69, 9.17) is 9.98 Å². The lowest BCUT2D eigenvalue weighted by atomic mass is 9.93. The van der Waals surface area contributed by atoms with Gasteiger partial charge in [-0.15, -0.1) is 0 Å². The Kier molecular flexibility index (Phi) is 11.3. The van der Waals surface area contributed by atoms with Crippen LogP contribution < -0.4 is 0 Å². The summed E-state index contributed by atoms with van der Waals surface area (Å²) < 4.78 is 86.4. The molecular formula is C42H46F6N4. The van der Waals surface area contributed by atoms with Crippen molar-refractivity contribution in [2.75, 3.05) is 19.8 Å². The first-order chi connectivity index (χ1) is 24.4.